The van der Waals surface area contributed by atoms with Crippen LogP contribution < -0.4 is 0 Å². The van der Waals surface area contributed by atoms with E-state index in [-0.39, 0.29) is 0 Å². The third kappa shape index (κ3) is 1.46. The highest BCUT2D eigenvalue weighted by Crippen LogP contribution is 2.12. The fraction of sp³-hybridized carbons (Fsp3) is 0.167. The zero-order chi connectivity index (χ0) is 5.98. The average Bonchev–Trinajstić information content (AvgIpc) is 1.64. The van der Waals surface area contributed by atoms with E-state index >= 15 is 0 Å². The number of thiol groups is 1. The number of hydrogen-bond acceptors (Lipinski definition) is 2. The minimum atomic E-state index is 0.842. The molecule has 1 aliphatic carbocycles. The van der Waals surface area contributed by atoms with Gasteiger partial charge < -0.3 is 0 Å². The summed E-state index contributed by atoms with van der Waals surface area (Å²) in [6.07, 6.45) is 6.65. The van der Waals surface area contributed by atoms with E-state index in [1.807, 2.05) is 18.2 Å². The Hall–Kier alpha value is -0.0800. The Morgan fingerprint density at radius 1 is 1.62 bits per heavy atom. The molecule has 0 atom stereocenters. The van der Waals surface area contributed by atoms with Crippen molar-refractivity contribution in [1.29, 1.82) is 0 Å². The molecule has 0 heterocycles. The van der Waals surface area contributed by atoms with Crippen LogP contribution in [0.15, 0.2) is 23.1 Å². The number of rotatable bonds is 0. The largest absolute Gasteiger partial charge is 0.148 e. The molecule has 0 N–H and O–H groups in total. The Labute approximate surface area is 59.7 Å². The molecule has 0 nitrogen and oxygen atoms in total. The van der Waals surface area contributed by atoms with Gasteiger partial charge in [-0.1, -0.05) is 24.4 Å². The van der Waals surface area contributed by atoms with E-state index in [4.69, 9.17) is 12.2 Å². The van der Waals surface area contributed by atoms with Gasteiger partial charge in [-0.05, 0) is 11.0 Å². The van der Waals surface area contributed by atoms with Crippen LogP contribution in [0.1, 0.15) is 6.42 Å². The van der Waals surface area contributed by atoms with E-state index in [9.17, 15) is 0 Å². The van der Waals surface area contributed by atoms with Crippen LogP contribution in [-0.4, -0.2) is 4.86 Å². The zero-order valence-corrected chi connectivity index (χ0v) is 6.01. The van der Waals surface area contributed by atoms with Gasteiger partial charge in [0, 0.05) is 11.3 Å². The van der Waals surface area contributed by atoms with E-state index in [1.165, 1.54) is 0 Å². The summed E-state index contributed by atoms with van der Waals surface area (Å²) in [6.45, 7) is 0. The van der Waals surface area contributed by atoms with Crippen molar-refractivity contribution < 1.29 is 0 Å². The van der Waals surface area contributed by atoms with Gasteiger partial charge in [-0.2, -0.15) is 0 Å². The van der Waals surface area contributed by atoms with Crippen LogP contribution in [0.5, 0.6) is 0 Å². The summed E-state index contributed by atoms with van der Waals surface area (Å²) >= 11 is 9.05. The second kappa shape index (κ2) is 2.46. The van der Waals surface area contributed by atoms with Crippen molar-refractivity contribution in [2.24, 2.45) is 0 Å². The lowest BCUT2D eigenvalue weighted by Crippen LogP contribution is -1.91. The molecule has 0 aromatic rings. The summed E-state index contributed by atoms with van der Waals surface area (Å²) in [5, 5.41) is 0. The molecule has 2 heteroatoms. The van der Waals surface area contributed by atoms with Crippen LogP contribution in [0.3, 0.4) is 0 Å². The molecular formula is C6H6S2. The first-order valence-electron chi connectivity index (χ1n) is 2.38. The highest BCUT2D eigenvalue weighted by atomic mass is 32.1. The summed E-state index contributed by atoms with van der Waals surface area (Å²) in [7, 11) is 0. The second-order valence-corrected chi connectivity index (χ2v) is 2.76. The Morgan fingerprint density at radius 3 is 2.75 bits per heavy atom. The molecule has 1 aliphatic rings. The standard InChI is InChI=1S/C6H6S2/c7-5-2-1-3-6(8)4-5/h1-3,7H,4H2. The normalized spacial score (nSPS) is 18.6. The highest BCUT2D eigenvalue weighted by molar-refractivity contribution is 7.85. The fourth-order valence-electron chi connectivity index (χ4n) is 0.563. The van der Waals surface area contributed by atoms with Crippen molar-refractivity contribution in [2.75, 3.05) is 0 Å². The first-order chi connectivity index (χ1) is 3.79. The molecule has 0 aromatic heterocycles. The SMILES string of the molecule is S=C1C=CC=C(S)C1. The summed E-state index contributed by atoms with van der Waals surface area (Å²) in [5.74, 6) is 0. The van der Waals surface area contributed by atoms with E-state index in [0.717, 1.165) is 16.2 Å². The van der Waals surface area contributed by atoms with Crippen molar-refractivity contribution in [3.8, 4) is 0 Å². The summed E-state index contributed by atoms with van der Waals surface area (Å²) < 4.78 is 0. The van der Waals surface area contributed by atoms with Crippen molar-refractivity contribution in [3.05, 3.63) is 23.1 Å². The molecule has 0 bridgehead atoms. The predicted molar refractivity (Wildman–Crippen MR) is 43.4 cm³/mol. The molecule has 0 aliphatic heterocycles. The smallest absolute Gasteiger partial charge is 0.0201 e. The van der Waals surface area contributed by atoms with Crippen molar-refractivity contribution in [1.82, 2.24) is 0 Å². The quantitative estimate of drug-likeness (QED) is 0.399. The maximum atomic E-state index is 4.91. The van der Waals surface area contributed by atoms with Gasteiger partial charge in [0.25, 0.3) is 0 Å². The minimum absolute atomic E-state index is 0.842. The molecule has 42 valence electrons. The number of hydrogen-bond donors (Lipinski definition) is 1. The molecule has 0 amide bonds. The third-order valence-electron chi connectivity index (χ3n) is 0.926. The van der Waals surface area contributed by atoms with Gasteiger partial charge in [0.15, 0.2) is 0 Å². The number of thiocarbonyl (C=S) groups is 1. The Kier molecular flexibility index (Phi) is 1.86. The van der Waals surface area contributed by atoms with Gasteiger partial charge in [-0.15, -0.1) is 12.6 Å². The lowest BCUT2D eigenvalue weighted by Gasteiger charge is -2.00. The molecule has 0 fully saturated rings. The topological polar surface area (TPSA) is 0 Å². The molecule has 0 spiro atoms. The maximum absolute atomic E-state index is 4.91. The van der Waals surface area contributed by atoms with E-state index < -0.39 is 0 Å². The van der Waals surface area contributed by atoms with Gasteiger partial charge in [-0.3, -0.25) is 0 Å². The lowest BCUT2D eigenvalue weighted by molar-refractivity contribution is 1.47. The van der Waals surface area contributed by atoms with Gasteiger partial charge >= 0.3 is 0 Å². The van der Waals surface area contributed by atoms with Gasteiger partial charge in [-0.25, -0.2) is 0 Å². The van der Waals surface area contributed by atoms with Crippen molar-refractivity contribution in [2.45, 2.75) is 6.42 Å². The summed E-state index contributed by atoms with van der Waals surface area (Å²) in [5.41, 5.74) is 0. The van der Waals surface area contributed by atoms with Crippen LogP contribution in [0.25, 0.3) is 0 Å². The van der Waals surface area contributed by atoms with E-state index in [2.05, 4.69) is 12.6 Å². The molecule has 0 aromatic carbocycles. The third-order valence-corrected chi connectivity index (χ3v) is 1.51. The zero-order valence-electron chi connectivity index (χ0n) is 4.29. The Bertz CT molecular complexity index is 165. The fourth-order valence-corrected chi connectivity index (χ4v) is 1.16. The van der Waals surface area contributed by atoms with Crippen LogP contribution in [0.4, 0.5) is 0 Å². The Balaban J connectivity index is 2.73. The van der Waals surface area contributed by atoms with Crippen LogP contribution in [0.2, 0.25) is 0 Å². The second-order valence-electron chi connectivity index (χ2n) is 1.66. The van der Waals surface area contributed by atoms with Crippen LogP contribution in [-0.2, 0) is 0 Å². The van der Waals surface area contributed by atoms with Gasteiger partial charge in [0.1, 0.15) is 0 Å². The van der Waals surface area contributed by atoms with Crippen molar-refractivity contribution >= 4 is 29.7 Å². The first kappa shape index (κ1) is 6.05. The predicted octanol–water partition coefficient (Wildman–Crippen LogP) is 2.13. The maximum Gasteiger partial charge on any atom is 0.0201 e. The van der Waals surface area contributed by atoms with E-state index in [1.54, 1.807) is 0 Å². The van der Waals surface area contributed by atoms with Crippen LogP contribution >= 0.6 is 24.8 Å². The van der Waals surface area contributed by atoms with Crippen LogP contribution in [0, 0.1) is 0 Å². The van der Waals surface area contributed by atoms with Gasteiger partial charge in [0.05, 0.1) is 0 Å². The number of allylic oxidation sites excluding steroid dienone is 4. The molecule has 0 saturated heterocycles. The molecule has 0 saturated carbocycles. The molecular weight excluding hydrogens is 136 g/mol. The molecule has 8 heavy (non-hydrogen) atoms. The molecule has 1 rings (SSSR count). The lowest BCUT2D eigenvalue weighted by atomic mass is 10.2. The van der Waals surface area contributed by atoms with Crippen molar-refractivity contribution in [3.63, 3.8) is 0 Å². The van der Waals surface area contributed by atoms with Gasteiger partial charge in [0.2, 0.25) is 0 Å². The highest BCUT2D eigenvalue weighted by Gasteiger charge is 1.96. The summed E-state index contributed by atoms with van der Waals surface area (Å²) in [6, 6.07) is 0. The average molecular weight is 142 g/mol. The summed E-state index contributed by atoms with van der Waals surface area (Å²) in [4.78, 5) is 2.02. The molecule has 0 unspecified atom stereocenters. The monoisotopic (exact) mass is 142 g/mol. The Morgan fingerprint density at radius 2 is 2.38 bits per heavy atom. The van der Waals surface area contributed by atoms with E-state index in [0.29, 0.717) is 0 Å². The minimum Gasteiger partial charge on any atom is -0.148 e. The first-order valence-corrected chi connectivity index (χ1v) is 3.23. The molecule has 0 radical (unpaired) electrons.